The smallest absolute Gasteiger partial charge is 0.316 e. The van der Waals surface area contributed by atoms with Crippen LogP contribution in [-0.2, 0) is 4.79 Å². The van der Waals surface area contributed by atoms with Crippen molar-refractivity contribution < 1.29 is 14.3 Å². The third kappa shape index (κ3) is 2.59. The van der Waals surface area contributed by atoms with Crippen molar-refractivity contribution in [1.82, 2.24) is 4.57 Å². The Morgan fingerprint density at radius 3 is 2.35 bits per heavy atom. The number of hydrogen-bond donors (Lipinski definition) is 0. The summed E-state index contributed by atoms with van der Waals surface area (Å²) in [6.07, 6.45) is 0. The van der Waals surface area contributed by atoms with Crippen LogP contribution in [0.1, 0.15) is 38.2 Å². The molecular weight excluding hydrogens is 254 g/mol. The van der Waals surface area contributed by atoms with Gasteiger partial charge >= 0.3 is 5.97 Å². The summed E-state index contributed by atoms with van der Waals surface area (Å²) < 4.78 is 7.01. The summed E-state index contributed by atoms with van der Waals surface area (Å²) in [5.41, 5.74) is 1.15. The molecule has 0 aliphatic carbocycles. The van der Waals surface area contributed by atoms with E-state index in [0.29, 0.717) is 5.75 Å². The van der Waals surface area contributed by atoms with Gasteiger partial charge in [-0.3, -0.25) is 14.2 Å². The third-order valence-corrected chi connectivity index (χ3v) is 3.09. The van der Waals surface area contributed by atoms with Crippen LogP contribution in [0.25, 0.3) is 10.9 Å². The normalized spacial score (nSPS) is 11.7. The van der Waals surface area contributed by atoms with Gasteiger partial charge in [0.05, 0.1) is 10.9 Å². The van der Waals surface area contributed by atoms with Crippen LogP contribution >= 0.6 is 0 Å². The molecule has 0 saturated heterocycles. The van der Waals surface area contributed by atoms with Crippen LogP contribution in [0.5, 0.6) is 5.75 Å². The first kappa shape index (κ1) is 14.3. The fourth-order valence-electron chi connectivity index (χ4n) is 2.07. The molecule has 1 aromatic carbocycles. The molecule has 0 N–H and O–H groups in total. The zero-order valence-corrected chi connectivity index (χ0v) is 12.5. The number of hydrogen-bond acceptors (Lipinski definition) is 3. The topological polar surface area (TPSA) is 48.3 Å². The third-order valence-electron chi connectivity index (χ3n) is 3.09. The van der Waals surface area contributed by atoms with Gasteiger partial charge in [0, 0.05) is 18.0 Å². The maximum atomic E-state index is 11.9. The van der Waals surface area contributed by atoms with Crippen LogP contribution in [0.4, 0.5) is 0 Å². The minimum absolute atomic E-state index is 0.0306. The van der Waals surface area contributed by atoms with Gasteiger partial charge in [-0.1, -0.05) is 0 Å². The number of fused-ring (bicyclic) bond motifs is 1. The Bertz CT molecular complexity index is 690. The molecule has 106 valence electrons. The number of aryl methyl sites for hydroxylation is 1. The molecule has 4 nitrogen and oxygen atoms in total. The van der Waals surface area contributed by atoms with Gasteiger partial charge in [0.2, 0.25) is 5.91 Å². The van der Waals surface area contributed by atoms with Crippen molar-refractivity contribution in [2.24, 2.45) is 5.41 Å². The highest BCUT2D eigenvalue weighted by Gasteiger charge is 2.24. The van der Waals surface area contributed by atoms with Crippen LogP contribution in [0, 0.1) is 12.3 Å². The maximum Gasteiger partial charge on any atom is 0.316 e. The van der Waals surface area contributed by atoms with Crippen LogP contribution < -0.4 is 4.74 Å². The van der Waals surface area contributed by atoms with Crippen molar-refractivity contribution in [2.45, 2.75) is 34.6 Å². The van der Waals surface area contributed by atoms with E-state index in [1.54, 1.807) is 22.8 Å². The van der Waals surface area contributed by atoms with Crippen molar-refractivity contribution >= 4 is 22.8 Å². The van der Waals surface area contributed by atoms with Gasteiger partial charge in [0.15, 0.2) is 0 Å². The zero-order chi connectivity index (χ0) is 15.1. The Labute approximate surface area is 118 Å². The van der Waals surface area contributed by atoms with Crippen molar-refractivity contribution in [3.63, 3.8) is 0 Å². The highest BCUT2D eigenvalue weighted by Crippen LogP contribution is 2.26. The van der Waals surface area contributed by atoms with Gasteiger partial charge in [-0.05, 0) is 52.0 Å². The largest absolute Gasteiger partial charge is 0.426 e. The summed E-state index contributed by atoms with van der Waals surface area (Å²) in [6.45, 7) is 8.83. The lowest BCUT2D eigenvalue weighted by Crippen LogP contribution is -2.25. The molecule has 0 aliphatic rings. The first-order valence-corrected chi connectivity index (χ1v) is 6.55. The van der Waals surface area contributed by atoms with E-state index in [2.05, 4.69) is 0 Å². The fraction of sp³-hybridized carbons (Fsp3) is 0.375. The van der Waals surface area contributed by atoms with E-state index in [4.69, 9.17) is 4.74 Å². The molecule has 2 aromatic rings. The number of nitrogens with zero attached hydrogens (tertiary/aromatic N) is 1. The number of rotatable bonds is 1. The second-order valence-corrected chi connectivity index (χ2v) is 6.00. The summed E-state index contributed by atoms with van der Waals surface area (Å²) in [5, 5.41) is 0.886. The fourth-order valence-corrected chi connectivity index (χ4v) is 2.07. The van der Waals surface area contributed by atoms with E-state index in [1.165, 1.54) is 6.92 Å². The molecule has 0 fully saturated rings. The monoisotopic (exact) mass is 273 g/mol. The highest BCUT2D eigenvalue weighted by atomic mass is 16.5. The lowest BCUT2D eigenvalue weighted by Gasteiger charge is -2.16. The average Bonchev–Trinajstić information content (AvgIpc) is 2.62. The van der Waals surface area contributed by atoms with Gasteiger partial charge in [0.25, 0.3) is 0 Å². The van der Waals surface area contributed by atoms with E-state index < -0.39 is 5.41 Å². The molecule has 0 radical (unpaired) electrons. The van der Waals surface area contributed by atoms with Crippen molar-refractivity contribution in [2.75, 3.05) is 0 Å². The number of esters is 1. The number of aromatic nitrogens is 1. The van der Waals surface area contributed by atoms with E-state index in [1.807, 2.05) is 33.8 Å². The molecule has 0 unspecified atom stereocenters. The standard InChI is InChI=1S/C16H19NO3/c1-10-8-12-9-13(20-15(19)16(3,4)5)6-7-14(12)17(10)11(2)18/h6-9H,1-5H3. The second kappa shape index (κ2) is 4.78. The Morgan fingerprint density at radius 2 is 1.80 bits per heavy atom. The summed E-state index contributed by atoms with van der Waals surface area (Å²) in [5.74, 6) is 0.189. The number of ether oxygens (including phenoxy) is 1. The number of benzene rings is 1. The molecule has 0 bridgehead atoms. The second-order valence-electron chi connectivity index (χ2n) is 6.00. The van der Waals surface area contributed by atoms with Gasteiger partial charge in [-0.15, -0.1) is 0 Å². The molecule has 2 rings (SSSR count). The van der Waals surface area contributed by atoms with Crippen LogP contribution in [0.15, 0.2) is 24.3 Å². The van der Waals surface area contributed by atoms with Crippen LogP contribution in [0.3, 0.4) is 0 Å². The maximum absolute atomic E-state index is 11.9. The molecule has 0 aliphatic heterocycles. The number of carbonyl (C=O) groups is 2. The summed E-state index contributed by atoms with van der Waals surface area (Å²) in [7, 11) is 0. The lowest BCUT2D eigenvalue weighted by molar-refractivity contribution is -0.142. The Morgan fingerprint density at radius 1 is 1.15 bits per heavy atom. The van der Waals surface area contributed by atoms with Gasteiger partial charge < -0.3 is 4.74 Å². The van der Waals surface area contributed by atoms with Crippen molar-refractivity contribution in [3.8, 4) is 5.75 Å². The van der Waals surface area contributed by atoms with E-state index in [-0.39, 0.29) is 11.9 Å². The van der Waals surface area contributed by atoms with Gasteiger partial charge in [-0.2, -0.15) is 0 Å². The van der Waals surface area contributed by atoms with Crippen molar-refractivity contribution in [3.05, 3.63) is 30.0 Å². The molecule has 4 heteroatoms. The quantitative estimate of drug-likeness (QED) is 0.589. The molecule has 0 spiro atoms. The minimum atomic E-state index is -0.545. The van der Waals surface area contributed by atoms with Gasteiger partial charge in [0.1, 0.15) is 5.75 Å². The Kier molecular flexibility index (Phi) is 3.42. The minimum Gasteiger partial charge on any atom is -0.426 e. The number of carbonyl (C=O) groups excluding carboxylic acids is 2. The van der Waals surface area contributed by atoms with E-state index >= 15 is 0 Å². The van der Waals surface area contributed by atoms with E-state index in [9.17, 15) is 9.59 Å². The Hall–Kier alpha value is -2.10. The molecule has 0 saturated carbocycles. The highest BCUT2D eigenvalue weighted by molar-refractivity contribution is 5.93. The van der Waals surface area contributed by atoms with E-state index in [0.717, 1.165) is 16.6 Å². The van der Waals surface area contributed by atoms with Crippen LogP contribution in [0.2, 0.25) is 0 Å². The molecular formula is C16H19NO3. The summed E-state index contributed by atoms with van der Waals surface area (Å²) >= 11 is 0. The zero-order valence-electron chi connectivity index (χ0n) is 12.5. The lowest BCUT2D eigenvalue weighted by atomic mass is 9.97. The first-order valence-electron chi connectivity index (χ1n) is 6.55. The molecule has 0 amide bonds. The summed E-state index contributed by atoms with van der Waals surface area (Å²) in [4.78, 5) is 23.5. The SMILES string of the molecule is CC(=O)n1c(C)cc2cc(OC(=O)C(C)(C)C)ccc21. The Balaban J connectivity index is 2.41. The average molecular weight is 273 g/mol. The molecule has 0 atom stereocenters. The molecule has 1 aromatic heterocycles. The summed E-state index contributed by atoms with van der Waals surface area (Å²) in [6, 6.07) is 7.20. The van der Waals surface area contributed by atoms with Gasteiger partial charge in [-0.25, -0.2) is 0 Å². The first-order chi connectivity index (χ1) is 9.20. The molecule has 1 heterocycles. The predicted molar refractivity (Wildman–Crippen MR) is 78.1 cm³/mol. The van der Waals surface area contributed by atoms with Crippen LogP contribution in [-0.4, -0.2) is 16.4 Å². The predicted octanol–water partition coefficient (Wildman–Crippen LogP) is 3.56. The molecule has 20 heavy (non-hydrogen) atoms. The van der Waals surface area contributed by atoms with Crippen molar-refractivity contribution in [1.29, 1.82) is 0 Å².